The standard InChI is InChI=1S/C16H13F2N5O4S/c17-16(18)27-11-5-2-1-4-10(11)19-13(24)9-26-14(25)8-23-21-15(20-22-23)12-6-3-7-28-12/h1-7,16H,8-9H2,(H,19,24). The van der Waals surface area contributed by atoms with E-state index in [2.05, 4.69) is 25.5 Å². The molecule has 0 spiro atoms. The van der Waals surface area contributed by atoms with Gasteiger partial charge in [0.15, 0.2) is 13.2 Å². The summed E-state index contributed by atoms with van der Waals surface area (Å²) in [5.41, 5.74) is 0.0300. The van der Waals surface area contributed by atoms with E-state index in [0.717, 1.165) is 9.67 Å². The Bertz CT molecular complexity index is 948. The number of carbonyl (C=O) groups excluding carboxylic acids is 2. The second-order valence-electron chi connectivity index (χ2n) is 5.20. The summed E-state index contributed by atoms with van der Waals surface area (Å²) in [7, 11) is 0. The molecule has 0 unspecified atom stereocenters. The molecule has 0 aliphatic heterocycles. The molecule has 0 aliphatic rings. The zero-order valence-electron chi connectivity index (χ0n) is 14.1. The van der Waals surface area contributed by atoms with E-state index in [0.29, 0.717) is 5.82 Å². The number of amides is 1. The van der Waals surface area contributed by atoms with E-state index in [1.807, 2.05) is 17.5 Å². The number of carbonyl (C=O) groups is 2. The Balaban J connectivity index is 1.49. The topological polar surface area (TPSA) is 108 Å². The number of nitrogens with one attached hydrogen (secondary N) is 1. The largest absolute Gasteiger partial charge is 0.454 e. The molecule has 146 valence electrons. The normalized spacial score (nSPS) is 10.7. The molecule has 9 nitrogen and oxygen atoms in total. The number of hydrogen-bond donors (Lipinski definition) is 1. The van der Waals surface area contributed by atoms with E-state index in [4.69, 9.17) is 4.74 Å². The summed E-state index contributed by atoms with van der Waals surface area (Å²) in [5, 5.41) is 15.8. The first-order valence-corrected chi connectivity index (χ1v) is 8.70. The van der Waals surface area contributed by atoms with Gasteiger partial charge in [-0.3, -0.25) is 4.79 Å². The lowest BCUT2D eigenvalue weighted by molar-refractivity contribution is -0.148. The molecule has 28 heavy (non-hydrogen) atoms. The minimum Gasteiger partial charge on any atom is -0.454 e. The molecule has 3 aromatic rings. The Kier molecular flexibility index (Phi) is 6.22. The number of rotatable bonds is 8. The van der Waals surface area contributed by atoms with Crippen molar-refractivity contribution >= 4 is 28.9 Å². The number of thiophene rings is 1. The summed E-state index contributed by atoms with van der Waals surface area (Å²) in [6.45, 7) is -3.99. The number of aromatic nitrogens is 4. The lowest BCUT2D eigenvalue weighted by Crippen LogP contribution is -2.24. The van der Waals surface area contributed by atoms with Crippen molar-refractivity contribution in [2.75, 3.05) is 11.9 Å². The third-order valence-electron chi connectivity index (χ3n) is 3.21. The van der Waals surface area contributed by atoms with Gasteiger partial charge in [-0.25, -0.2) is 4.79 Å². The third kappa shape index (κ3) is 5.30. The number of esters is 1. The van der Waals surface area contributed by atoms with Crippen molar-refractivity contribution in [3.8, 4) is 16.5 Å². The number of para-hydroxylation sites is 2. The van der Waals surface area contributed by atoms with E-state index in [9.17, 15) is 18.4 Å². The molecular formula is C16H13F2N5O4S. The van der Waals surface area contributed by atoms with Gasteiger partial charge in [0.05, 0.1) is 10.6 Å². The second-order valence-corrected chi connectivity index (χ2v) is 6.15. The fraction of sp³-hybridized carbons (Fsp3) is 0.188. The molecular weight excluding hydrogens is 396 g/mol. The zero-order valence-corrected chi connectivity index (χ0v) is 14.9. The quantitative estimate of drug-likeness (QED) is 0.568. The Morgan fingerprint density at radius 3 is 2.79 bits per heavy atom. The van der Waals surface area contributed by atoms with E-state index in [-0.39, 0.29) is 18.0 Å². The molecule has 1 amide bonds. The van der Waals surface area contributed by atoms with Crippen LogP contribution in [0, 0.1) is 0 Å². The molecule has 2 heterocycles. The highest BCUT2D eigenvalue weighted by molar-refractivity contribution is 7.13. The molecule has 12 heteroatoms. The van der Waals surface area contributed by atoms with Crippen molar-refractivity contribution in [2.45, 2.75) is 13.2 Å². The van der Waals surface area contributed by atoms with Crippen molar-refractivity contribution in [1.29, 1.82) is 0 Å². The minimum atomic E-state index is -3.04. The highest BCUT2D eigenvalue weighted by Gasteiger charge is 2.15. The molecule has 2 aromatic heterocycles. The van der Waals surface area contributed by atoms with Crippen LogP contribution in [0.15, 0.2) is 41.8 Å². The first-order valence-electron chi connectivity index (χ1n) is 7.82. The average Bonchev–Trinajstić information content (AvgIpc) is 3.33. The summed E-state index contributed by atoms with van der Waals surface area (Å²) in [6.07, 6.45) is 0. The second kappa shape index (κ2) is 8.99. The van der Waals surface area contributed by atoms with Crippen LogP contribution in [0.1, 0.15) is 0 Å². The van der Waals surface area contributed by atoms with Gasteiger partial charge in [-0.2, -0.15) is 13.6 Å². The Morgan fingerprint density at radius 1 is 1.21 bits per heavy atom. The summed E-state index contributed by atoms with van der Waals surface area (Å²) in [6, 6.07) is 9.30. The van der Waals surface area contributed by atoms with Crippen molar-refractivity contribution in [3.05, 3.63) is 41.8 Å². The Morgan fingerprint density at radius 2 is 2.04 bits per heavy atom. The number of anilines is 1. The number of ether oxygens (including phenoxy) is 2. The fourth-order valence-electron chi connectivity index (χ4n) is 2.08. The van der Waals surface area contributed by atoms with Gasteiger partial charge in [-0.05, 0) is 28.8 Å². The molecule has 1 aromatic carbocycles. The van der Waals surface area contributed by atoms with Crippen LogP contribution < -0.4 is 10.1 Å². The van der Waals surface area contributed by atoms with Gasteiger partial charge < -0.3 is 14.8 Å². The van der Waals surface area contributed by atoms with Gasteiger partial charge in [0.1, 0.15) is 5.75 Å². The van der Waals surface area contributed by atoms with Crippen molar-refractivity contribution in [1.82, 2.24) is 20.2 Å². The number of nitrogens with zero attached hydrogens (tertiary/aromatic N) is 4. The molecule has 0 atom stereocenters. The minimum absolute atomic E-state index is 0.0300. The van der Waals surface area contributed by atoms with Crippen LogP contribution in [-0.4, -0.2) is 45.3 Å². The van der Waals surface area contributed by atoms with Crippen LogP contribution in [-0.2, 0) is 20.9 Å². The van der Waals surface area contributed by atoms with Gasteiger partial charge >= 0.3 is 12.6 Å². The summed E-state index contributed by atoms with van der Waals surface area (Å²) in [5.74, 6) is -1.31. The lowest BCUT2D eigenvalue weighted by atomic mass is 10.3. The number of tetrazole rings is 1. The van der Waals surface area contributed by atoms with Crippen LogP contribution in [0.25, 0.3) is 10.7 Å². The number of halogens is 2. The maximum absolute atomic E-state index is 12.4. The van der Waals surface area contributed by atoms with Crippen molar-refractivity contribution in [2.24, 2.45) is 0 Å². The summed E-state index contributed by atoms with van der Waals surface area (Å²) in [4.78, 5) is 25.5. The molecule has 0 bridgehead atoms. The average molecular weight is 409 g/mol. The lowest BCUT2D eigenvalue weighted by Gasteiger charge is -2.11. The van der Waals surface area contributed by atoms with E-state index in [1.165, 1.54) is 35.6 Å². The first-order chi connectivity index (χ1) is 13.5. The van der Waals surface area contributed by atoms with Gasteiger partial charge in [0, 0.05) is 0 Å². The van der Waals surface area contributed by atoms with Crippen LogP contribution >= 0.6 is 11.3 Å². The monoisotopic (exact) mass is 409 g/mol. The summed E-state index contributed by atoms with van der Waals surface area (Å²) < 4.78 is 33.9. The maximum atomic E-state index is 12.4. The third-order valence-corrected chi connectivity index (χ3v) is 4.07. The number of hydrogen-bond acceptors (Lipinski definition) is 8. The summed E-state index contributed by atoms with van der Waals surface area (Å²) >= 11 is 1.42. The highest BCUT2D eigenvalue weighted by atomic mass is 32.1. The fourth-order valence-corrected chi connectivity index (χ4v) is 2.72. The number of benzene rings is 1. The first kappa shape index (κ1) is 19.4. The molecule has 3 rings (SSSR count). The van der Waals surface area contributed by atoms with Crippen LogP contribution in [0.2, 0.25) is 0 Å². The SMILES string of the molecule is O=C(COC(=O)Cn1nnc(-c2cccs2)n1)Nc1ccccc1OC(F)F. The smallest absolute Gasteiger partial charge is 0.387 e. The molecule has 0 saturated carbocycles. The van der Waals surface area contributed by atoms with Crippen LogP contribution in [0.4, 0.5) is 14.5 Å². The Hall–Kier alpha value is -3.41. The molecule has 0 saturated heterocycles. The maximum Gasteiger partial charge on any atom is 0.387 e. The van der Waals surface area contributed by atoms with Gasteiger partial charge in [-0.15, -0.1) is 21.5 Å². The molecule has 0 aliphatic carbocycles. The predicted molar refractivity (Wildman–Crippen MR) is 93.8 cm³/mol. The van der Waals surface area contributed by atoms with Crippen LogP contribution in [0.5, 0.6) is 5.75 Å². The Labute approximate surface area is 160 Å². The molecule has 1 N–H and O–H groups in total. The molecule has 0 radical (unpaired) electrons. The van der Waals surface area contributed by atoms with Gasteiger partial charge in [0.2, 0.25) is 5.82 Å². The van der Waals surface area contributed by atoms with E-state index >= 15 is 0 Å². The van der Waals surface area contributed by atoms with Gasteiger partial charge in [0.25, 0.3) is 5.91 Å². The zero-order chi connectivity index (χ0) is 19.9. The molecule has 0 fully saturated rings. The van der Waals surface area contributed by atoms with Gasteiger partial charge in [-0.1, -0.05) is 18.2 Å². The number of alkyl halides is 2. The van der Waals surface area contributed by atoms with E-state index in [1.54, 1.807) is 0 Å². The van der Waals surface area contributed by atoms with Crippen molar-refractivity contribution < 1.29 is 27.8 Å². The predicted octanol–water partition coefficient (Wildman–Crippen LogP) is 2.18. The van der Waals surface area contributed by atoms with Crippen molar-refractivity contribution in [3.63, 3.8) is 0 Å². The highest BCUT2D eigenvalue weighted by Crippen LogP contribution is 2.25. The van der Waals surface area contributed by atoms with E-state index < -0.39 is 25.1 Å². The van der Waals surface area contributed by atoms with Crippen LogP contribution in [0.3, 0.4) is 0 Å².